The first-order chi connectivity index (χ1) is 10.3. The van der Waals surface area contributed by atoms with E-state index in [9.17, 15) is 0 Å². The molecular formula is C18H22N2O. The molecule has 0 radical (unpaired) electrons. The van der Waals surface area contributed by atoms with Crippen LogP contribution in [-0.2, 0) is 6.61 Å². The molecule has 2 aromatic rings. The highest BCUT2D eigenvalue weighted by Crippen LogP contribution is 2.22. The van der Waals surface area contributed by atoms with Crippen LogP contribution >= 0.6 is 0 Å². The molecule has 0 aromatic heterocycles. The van der Waals surface area contributed by atoms with Crippen LogP contribution in [0.1, 0.15) is 18.4 Å². The fourth-order valence-corrected chi connectivity index (χ4v) is 2.86. The summed E-state index contributed by atoms with van der Waals surface area (Å²) in [5.41, 5.74) is 3.42. The summed E-state index contributed by atoms with van der Waals surface area (Å²) in [6.07, 6.45) is 2.30. The average Bonchev–Trinajstić information content (AvgIpc) is 2.57. The number of benzene rings is 2. The second kappa shape index (κ2) is 6.64. The van der Waals surface area contributed by atoms with Crippen molar-refractivity contribution in [1.82, 2.24) is 0 Å². The first-order valence-electron chi connectivity index (χ1n) is 7.61. The Balaban J connectivity index is 1.53. The number of aliphatic hydroxyl groups excluding tert-OH is 1. The van der Waals surface area contributed by atoms with Gasteiger partial charge in [0.25, 0.3) is 0 Å². The van der Waals surface area contributed by atoms with Gasteiger partial charge in [-0.25, -0.2) is 0 Å². The van der Waals surface area contributed by atoms with E-state index in [1.807, 2.05) is 12.1 Å². The minimum atomic E-state index is 0.107. The fourth-order valence-electron chi connectivity index (χ4n) is 2.86. The van der Waals surface area contributed by atoms with Crippen molar-refractivity contribution in [3.8, 4) is 0 Å². The molecule has 3 heteroatoms. The molecule has 2 N–H and O–H groups in total. The van der Waals surface area contributed by atoms with Gasteiger partial charge < -0.3 is 15.3 Å². The van der Waals surface area contributed by atoms with Crippen LogP contribution in [0.3, 0.4) is 0 Å². The van der Waals surface area contributed by atoms with Gasteiger partial charge in [-0.15, -0.1) is 0 Å². The highest BCUT2D eigenvalue weighted by molar-refractivity contribution is 5.48. The molecule has 0 aliphatic carbocycles. The van der Waals surface area contributed by atoms with Crippen LogP contribution < -0.4 is 10.2 Å². The van der Waals surface area contributed by atoms with E-state index < -0.39 is 0 Å². The summed E-state index contributed by atoms with van der Waals surface area (Å²) in [6.45, 7) is 2.29. The summed E-state index contributed by atoms with van der Waals surface area (Å²) in [5.74, 6) is 0. The van der Waals surface area contributed by atoms with Crippen LogP contribution in [0.4, 0.5) is 11.4 Å². The van der Waals surface area contributed by atoms with Crippen LogP contribution in [0, 0.1) is 0 Å². The van der Waals surface area contributed by atoms with E-state index in [0.717, 1.165) is 37.2 Å². The number of piperidine rings is 1. The lowest BCUT2D eigenvalue weighted by atomic mass is 10.0. The Kier molecular flexibility index (Phi) is 4.41. The number of aliphatic hydroxyl groups is 1. The van der Waals surface area contributed by atoms with E-state index in [2.05, 4.69) is 52.7 Å². The Morgan fingerprint density at radius 1 is 0.952 bits per heavy atom. The van der Waals surface area contributed by atoms with Crippen LogP contribution in [0.2, 0.25) is 0 Å². The van der Waals surface area contributed by atoms with Gasteiger partial charge in [-0.1, -0.05) is 30.3 Å². The van der Waals surface area contributed by atoms with Crippen molar-refractivity contribution < 1.29 is 5.11 Å². The van der Waals surface area contributed by atoms with E-state index in [-0.39, 0.29) is 6.61 Å². The minimum absolute atomic E-state index is 0.107. The lowest BCUT2D eigenvalue weighted by Crippen LogP contribution is -2.39. The van der Waals surface area contributed by atoms with E-state index in [4.69, 9.17) is 5.11 Å². The molecule has 110 valence electrons. The van der Waals surface area contributed by atoms with Crippen LogP contribution in [-0.4, -0.2) is 24.2 Å². The third-order valence-electron chi connectivity index (χ3n) is 4.12. The van der Waals surface area contributed by atoms with Gasteiger partial charge in [-0.05, 0) is 42.7 Å². The zero-order chi connectivity index (χ0) is 14.5. The average molecular weight is 282 g/mol. The fraction of sp³-hybridized carbons (Fsp3) is 0.333. The number of anilines is 2. The van der Waals surface area contributed by atoms with Crippen molar-refractivity contribution in [2.45, 2.75) is 25.5 Å². The van der Waals surface area contributed by atoms with Crippen molar-refractivity contribution in [2.24, 2.45) is 0 Å². The Hall–Kier alpha value is -2.00. The Morgan fingerprint density at radius 3 is 2.24 bits per heavy atom. The smallest absolute Gasteiger partial charge is 0.0681 e. The molecule has 0 amide bonds. The van der Waals surface area contributed by atoms with Gasteiger partial charge in [0.1, 0.15) is 0 Å². The number of hydrogen-bond donors (Lipinski definition) is 2. The number of para-hydroxylation sites is 1. The molecule has 1 saturated heterocycles. The molecular weight excluding hydrogens is 260 g/mol. The second-order valence-corrected chi connectivity index (χ2v) is 5.60. The van der Waals surface area contributed by atoms with Gasteiger partial charge in [-0.2, -0.15) is 0 Å². The van der Waals surface area contributed by atoms with Crippen molar-refractivity contribution in [3.63, 3.8) is 0 Å². The number of rotatable bonds is 4. The highest BCUT2D eigenvalue weighted by atomic mass is 16.3. The van der Waals surface area contributed by atoms with Crippen LogP contribution in [0.5, 0.6) is 0 Å². The predicted octanol–water partition coefficient (Wildman–Crippen LogP) is 3.26. The van der Waals surface area contributed by atoms with Crippen molar-refractivity contribution in [2.75, 3.05) is 23.3 Å². The van der Waals surface area contributed by atoms with E-state index in [0.29, 0.717) is 6.04 Å². The van der Waals surface area contributed by atoms with Crippen molar-refractivity contribution in [1.29, 1.82) is 0 Å². The SMILES string of the molecule is OCc1ccc(NC2CCN(c3ccccc3)CC2)cc1. The Morgan fingerprint density at radius 2 is 1.62 bits per heavy atom. The highest BCUT2D eigenvalue weighted by Gasteiger charge is 2.18. The lowest BCUT2D eigenvalue weighted by Gasteiger charge is -2.34. The number of hydrogen-bond acceptors (Lipinski definition) is 3. The molecule has 1 aliphatic heterocycles. The molecule has 21 heavy (non-hydrogen) atoms. The quantitative estimate of drug-likeness (QED) is 0.903. The van der Waals surface area contributed by atoms with Gasteiger partial charge >= 0.3 is 0 Å². The van der Waals surface area contributed by atoms with Crippen molar-refractivity contribution >= 4 is 11.4 Å². The molecule has 0 bridgehead atoms. The van der Waals surface area contributed by atoms with Gasteiger partial charge in [0, 0.05) is 30.5 Å². The largest absolute Gasteiger partial charge is 0.392 e. The van der Waals surface area contributed by atoms with Crippen LogP contribution in [0.25, 0.3) is 0 Å². The summed E-state index contributed by atoms with van der Waals surface area (Å²) < 4.78 is 0. The Bertz CT molecular complexity index is 545. The number of nitrogens with zero attached hydrogens (tertiary/aromatic N) is 1. The monoisotopic (exact) mass is 282 g/mol. The molecule has 0 atom stereocenters. The topological polar surface area (TPSA) is 35.5 Å². The molecule has 1 heterocycles. The van der Waals surface area contributed by atoms with Gasteiger partial charge in [0.2, 0.25) is 0 Å². The molecule has 2 aromatic carbocycles. The molecule has 3 rings (SSSR count). The molecule has 1 aliphatic rings. The maximum absolute atomic E-state index is 9.06. The van der Waals surface area contributed by atoms with Gasteiger partial charge in [0.05, 0.1) is 6.61 Å². The van der Waals surface area contributed by atoms with Crippen LogP contribution in [0.15, 0.2) is 54.6 Å². The molecule has 1 fully saturated rings. The first-order valence-corrected chi connectivity index (χ1v) is 7.61. The maximum Gasteiger partial charge on any atom is 0.0681 e. The summed E-state index contributed by atoms with van der Waals surface area (Å²) in [4.78, 5) is 2.45. The third-order valence-corrected chi connectivity index (χ3v) is 4.12. The molecule has 0 unspecified atom stereocenters. The minimum Gasteiger partial charge on any atom is -0.392 e. The predicted molar refractivity (Wildman–Crippen MR) is 87.7 cm³/mol. The van der Waals surface area contributed by atoms with E-state index in [1.165, 1.54) is 5.69 Å². The van der Waals surface area contributed by atoms with E-state index >= 15 is 0 Å². The third kappa shape index (κ3) is 3.56. The molecule has 0 saturated carbocycles. The lowest BCUT2D eigenvalue weighted by molar-refractivity contribution is 0.282. The maximum atomic E-state index is 9.06. The van der Waals surface area contributed by atoms with Crippen molar-refractivity contribution in [3.05, 3.63) is 60.2 Å². The normalized spacial score (nSPS) is 16.0. The van der Waals surface area contributed by atoms with Gasteiger partial charge in [0.15, 0.2) is 0 Å². The summed E-state index contributed by atoms with van der Waals surface area (Å²) in [7, 11) is 0. The molecule has 3 nitrogen and oxygen atoms in total. The van der Waals surface area contributed by atoms with Gasteiger partial charge in [-0.3, -0.25) is 0 Å². The zero-order valence-electron chi connectivity index (χ0n) is 12.2. The number of nitrogens with one attached hydrogen (secondary N) is 1. The zero-order valence-corrected chi connectivity index (χ0v) is 12.2. The summed E-state index contributed by atoms with van der Waals surface area (Å²) in [6, 6.07) is 19.2. The molecule has 0 spiro atoms. The summed E-state index contributed by atoms with van der Waals surface area (Å²) in [5, 5.41) is 12.7. The van der Waals surface area contributed by atoms with E-state index in [1.54, 1.807) is 0 Å². The Labute approximate surface area is 126 Å². The summed E-state index contributed by atoms with van der Waals surface area (Å²) >= 11 is 0. The second-order valence-electron chi connectivity index (χ2n) is 5.60. The first kappa shape index (κ1) is 14.0. The standard InChI is InChI=1S/C18H22N2O/c21-14-15-6-8-16(9-7-15)19-17-10-12-20(13-11-17)18-4-2-1-3-5-18/h1-9,17,19,21H,10-14H2.